The number of hydrogen-bond acceptors (Lipinski definition) is 4. The van der Waals surface area contributed by atoms with Crippen molar-refractivity contribution in [3.63, 3.8) is 0 Å². The Hall–Kier alpha value is -1.84. The maximum Gasteiger partial charge on any atom is 0.223 e. The summed E-state index contributed by atoms with van der Waals surface area (Å²) < 4.78 is 10.5. The van der Waals surface area contributed by atoms with E-state index in [0.717, 1.165) is 16.9 Å². The minimum absolute atomic E-state index is 0.387. The minimum Gasteiger partial charge on any atom is -0.496 e. The Morgan fingerprint density at radius 2 is 2.06 bits per heavy atom. The second kappa shape index (κ2) is 4.57. The van der Waals surface area contributed by atoms with Crippen LogP contribution in [0.25, 0.3) is 11.4 Å². The summed E-state index contributed by atoms with van der Waals surface area (Å²) >= 11 is 0. The Bertz CT molecular complexity index is 518. The third-order valence-electron chi connectivity index (χ3n) is 2.64. The van der Waals surface area contributed by atoms with E-state index in [4.69, 9.17) is 9.26 Å². The van der Waals surface area contributed by atoms with Crippen molar-refractivity contribution in [2.75, 3.05) is 7.11 Å². The summed E-state index contributed by atoms with van der Waals surface area (Å²) in [5, 5.41) is 3.93. The van der Waals surface area contributed by atoms with Crippen LogP contribution in [0, 0.1) is 6.92 Å². The van der Waals surface area contributed by atoms with Gasteiger partial charge in [-0.05, 0) is 17.5 Å². The first-order valence-corrected chi connectivity index (χ1v) is 5.61. The standard InChI is InChI=1S/C13H16N2O2/c1-8(2)10-6-5-7-11(12(10)16-4)13-14-9(3)17-15-13/h5-8H,1-4H3. The Balaban J connectivity index is 2.58. The number of hydrogen-bond donors (Lipinski definition) is 0. The van der Waals surface area contributed by atoms with Crippen LogP contribution in [0.3, 0.4) is 0 Å². The van der Waals surface area contributed by atoms with Crippen LogP contribution < -0.4 is 4.74 Å². The van der Waals surface area contributed by atoms with Gasteiger partial charge >= 0.3 is 0 Å². The highest BCUT2D eigenvalue weighted by molar-refractivity contribution is 5.66. The largest absolute Gasteiger partial charge is 0.496 e. The first-order valence-electron chi connectivity index (χ1n) is 5.61. The van der Waals surface area contributed by atoms with Crippen LogP contribution in [-0.4, -0.2) is 17.3 Å². The number of ether oxygens (including phenoxy) is 1. The molecular formula is C13H16N2O2. The fourth-order valence-corrected chi connectivity index (χ4v) is 1.82. The van der Waals surface area contributed by atoms with Crippen molar-refractivity contribution in [2.45, 2.75) is 26.7 Å². The van der Waals surface area contributed by atoms with Crippen LogP contribution in [-0.2, 0) is 0 Å². The van der Waals surface area contributed by atoms with Crippen molar-refractivity contribution < 1.29 is 9.26 Å². The van der Waals surface area contributed by atoms with E-state index in [1.807, 2.05) is 12.1 Å². The molecule has 0 aliphatic heterocycles. The summed E-state index contributed by atoms with van der Waals surface area (Å²) in [4.78, 5) is 4.23. The number of methoxy groups -OCH3 is 1. The number of aromatic nitrogens is 2. The van der Waals surface area contributed by atoms with E-state index >= 15 is 0 Å². The Morgan fingerprint density at radius 1 is 1.29 bits per heavy atom. The maximum absolute atomic E-state index is 5.48. The van der Waals surface area contributed by atoms with E-state index in [1.54, 1.807) is 14.0 Å². The smallest absolute Gasteiger partial charge is 0.223 e. The van der Waals surface area contributed by atoms with Gasteiger partial charge in [0.25, 0.3) is 0 Å². The van der Waals surface area contributed by atoms with Crippen LogP contribution >= 0.6 is 0 Å². The summed E-state index contributed by atoms with van der Waals surface area (Å²) in [6, 6.07) is 5.98. The van der Waals surface area contributed by atoms with Crippen molar-refractivity contribution in [1.29, 1.82) is 0 Å². The van der Waals surface area contributed by atoms with Crippen LogP contribution in [0.15, 0.2) is 22.7 Å². The van der Waals surface area contributed by atoms with Gasteiger partial charge in [0.1, 0.15) is 5.75 Å². The molecule has 2 aromatic rings. The van der Waals surface area contributed by atoms with Gasteiger partial charge in [0.15, 0.2) is 0 Å². The third kappa shape index (κ3) is 2.16. The Morgan fingerprint density at radius 3 is 2.59 bits per heavy atom. The predicted octanol–water partition coefficient (Wildman–Crippen LogP) is 3.18. The van der Waals surface area contributed by atoms with Crippen molar-refractivity contribution >= 4 is 0 Å². The normalized spacial score (nSPS) is 10.9. The van der Waals surface area contributed by atoms with E-state index in [-0.39, 0.29) is 0 Å². The van der Waals surface area contributed by atoms with Crippen LogP contribution in [0.4, 0.5) is 0 Å². The van der Waals surface area contributed by atoms with Gasteiger partial charge in [0, 0.05) is 6.92 Å². The van der Waals surface area contributed by atoms with Gasteiger partial charge < -0.3 is 9.26 Å². The second-order valence-corrected chi connectivity index (χ2v) is 4.22. The van der Waals surface area contributed by atoms with E-state index < -0.39 is 0 Å². The van der Waals surface area contributed by atoms with Crippen LogP contribution in [0.1, 0.15) is 31.2 Å². The van der Waals surface area contributed by atoms with Crippen molar-refractivity contribution in [2.24, 2.45) is 0 Å². The molecule has 0 aliphatic carbocycles. The molecule has 0 radical (unpaired) electrons. The molecule has 0 unspecified atom stereocenters. The molecule has 0 saturated heterocycles. The van der Waals surface area contributed by atoms with Crippen molar-refractivity contribution in [3.8, 4) is 17.1 Å². The fraction of sp³-hybridized carbons (Fsp3) is 0.385. The zero-order valence-corrected chi connectivity index (χ0v) is 10.5. The number of rotatable bonds is 3. The molecule has 0 fully saturated rings. The third-order valence-corrected chi connectivity index (χ3v) is 2.64. The zero-order valence-electron chi connectivity index (χ0n) is 10.5. The van der Waals surface area contributed by atoms with Gasteiger partial charge in [0.05, 0.1) is 12.7 Å². The topological polar surface area (TPSA) is 48.2 Å². The second-order valence-electron chi connectivity index (χ2n) is 4.22. The quantitative estimate of drug-likeness (QED) is 0.815. The van der Waals surface area contributed by atoms with E-state index in [9.17, 15) is 0 Å². The number of aryl methyl sites for hydroxylation is 1. The molecule has 0 bridgehead atoms. The number of para-hydroxylation sites is 1. The first kappa shape index (κ1) is 11.6. The lowest BCUT2D eigenvalue weighted by Crippen LogP contribution is -1.97. The molecule has 1 heterocycles. The minimum atomic E-state index is 0.387. The molecule has 90 valence electrons. The highest BCUT2D eigenvalue weighted by Gasteiger charge is 2.16. The summed E-state index contributed by atoms with van der Waals surface area (Å²) in [5.41, 5.74) is 2.02. The highest BCUT2D eigenvalue weighted by atomic mass is 16.5. The lowest BCUT2D eigenvalue weighted by Gasteiger charge is -2.13. The summed E-state index contributed by atoms with van der Waals surface area (Å²) in [6.45, 7) is 6.03. The molecule has 4 heteroatoms. The SMILES string of the molecule is COc1c(-c2noc(C)n2)cccc1C(C)C. The summed E-state index contributed by atoms with van der Waals surface area (Å²) in [5.74, 6) is 2.33. The van der Waals surface area contributed by atoms with Gasteiger partial charge in [0.2, 0.25) is 11.7 Å². The molecule has 17 heavy (non-hydrogen) atoms. The molecular weight excluding hydrogens is 216 g/mol. The fourth-order valence-electron chi connectivity index (χ4n) is 1.82. The van der Waals surface area contributed by atoms with Crippen LogP contribution in [0.2, 0.25) is 0 Å². The van der Waals surface area contributed by atoms with Crippen molar-refractivity contribution in [3.05, 3.63) is 29.7 Å². The molecule has 4 nitrogen and oxygen atoms in total. The lowest BCUT2D eigenvalue weighted by molar-refractivity contribution is 0.392. The Labute approximate surface area is 101 Å². The first-order chi connectivity index (χ1) is 8.13. The number of nitrogens with zero attached hydrogens (tertiary/aromatic N) is 2. The molecule has 0 aliphatic rings. The summed E-state index contributed by atoms with van der Waals surface area (Å²) in [7, 11) is 1.66. The molecule has 0 N–H and O–H groups in total. The van der Waals surface area contributed by atoms with E-state index in [0.29, 0.717) is 17.6 Å². The maximum atomic E-state index is 5.48. The lowest BCUT2D eigenvalue weighted by atomic mass is 9.99. The van der Waals surface area contributed by atoms with Gasteiger partial charge in [-0.1, -0.05) is 31.1 Å². The van der Waals surface area contributed by atoms with Gasteiger partial charge in [-0.2, -0.15) is 4.98 Å². The van der Waals surface area contributed by atoms with E-state index in [2.05, 4.69) is 30.1 Å². The average molecular weight is 232 g/mol. The summed E-state index contributed by atoms with van der Waals surface area (Å²) in [6.07, 6.45) is 0. The molecule has 0 amide bonds. The zero-order chi connectivity index (χ0) is 12.4. The predicted molar refractivity (Wildman–Crippen MR) is 65.1 cm³/mol. The van der Waals surface area contributed by atoms with Crippen molar-refractivity contribution in [1.82, 2.24) is 10.1 Å². The molecule has 0 atom stereocenters. The van der Waals surface area contributed by atoms with Crippen LogP contribution in [0.5, 0.6) is 5.75 Å². The van der Waals surface area contributed by atoms with Gasteiger partial charge in [-0.3, -0.25) is 0 Å². The van der Waals surface area contributed by atoms with Gasteiger partial charge in [-0.15, -0.1) is 0 Å². The Kier molecular flexibility index (Phi) is 3.13. The molecule has 0 saturated carbocycles. The monoisotopic (exact) mass is 232 g/mol. The molecule has 1 aromatic carbocycles. The molecule has 0 spiro atoms. The van der Waals surface area contributed by atoms with Gasteiger partial charge in [-0.25, -0.2) is 0 Å². The van der Waals surface area contributed by atoms with E-state index in [1.165, 1.54) is 0 Å². The number of benzene rings is 1. The average Bonchev–Trinajstić information content (AvgIpc) is 2.74. The highest BCUT2D eigenvalue weighted by Crippen LogP contribution is 2.35. The molecule has 1 aromatic heterocycles. The molecule has 2 rings (SSSR count).